The highest BCUT2D eigenvalue weighted by molar-refractivity contribution is 7.16. The standard InChI is InChI=1S/C17H25ClN6O3S.C17H23ClN6O2S/c1-5-9-12(18)21-13(19-9)14(25)20-10-6-7-24(8-11(10)27-4)16-23-22-15(28-16)17(2,3)26;1-5-10-13(18)21-14(19-10)15(25)20-11-6-7-24(8-12(11)26-4)17-23-22-16(27-17)9(2)3/h10-11,26H,5-8H2,1-4H3,(H,19,21)(H,20,25);11-12H,2,5-8H2,1,3-4H3,(H,19,21)(H,20,25)/t10-,11+;11-,12+/m11/s1. The molecule has 0 spiro atoms. The van der Waals surface area contributed by atoms with E-state index in [2.05, 4.69) is 67.3 Å². The van der Waals surface area contributed by atoms with E-state index in [0.29, 0.717) is 54.2 Å². The molecule has 2 aliphatic rings. The van der Waals surface area contributed by atoms with Crippen LogP contribution >= 0.6 is 45.9 Å². The van der Waals surface area contributed by atoms with Gasteiger partial charge in [0.15, 0.2) is 22.0 Å². The number of piperidine rings is 2. The van der Waals surface area contributed by atoms with Gasteiger partial charge in [0.2, 0.25) is 10.3 Å². The summed E-state index contributed by atoms with van der Waals surface area (Å²) in [7, 11) is 3.26. The number of aromatic amines is 2. The van der Waals surface area contributed by atoms with Crippen molar-refractivity contribution in [3.63, 3.8) is 0 Å². The van der Waals surface area contributed by atoms with Crippen molar-refractivity contribution in [3.05, 3.63) is 49.9 Å². The van der Waals surface area contributed by atoms with E-state index < -0.39 is 5.60 Å². The first kappa shape index (κ1) is 42.4. The van der Waals surface area contributed by atoms with Gasteiger partial charge < -0.3 is 45.0 Å². The van der Waals surface area contributed by atoms with Gasteiger partial charge in [0, 0.05) is 40.4 Å². The molecule has 5 N–H and O–H groups in total. The smallest absolute Gasteiger partial charge is 0.287 e. The second-order valence-corrected chi connectivity index (χ2v) is 16.3. The number of aliphatic hydroxyl groups is 1. The second kappa shape index (κ2) is 18.5. The molecule has 0 radical (unpaired) electrons. The Labute approximate surface area is 337 Å². The number of carbonyl (C=O) groups excluding carboxylic acids is 2. The third kappa shape index (κ3) is 10.4. The average molecular weight is 840 g/mol. The van der Waals surface area contributed by atoms with Crippen molar-refractivity contribution in [2.24, 2.45) is 0 Å². The molecule has 2 fully saturated rings. The maximum atomic E-state index is 12.5. The largest absolute Gasteiger partial charge is 0.383 e. The molecular formula is C34H48Cl2N12O5S2. The molecule has 0 saturated carbocycles. The van der Waals surface area contributed by atoms with Gasteiger partial charge in [-0.15, -0.1) is 20.4 Å². The van der Waals surface area contributed by atoms with Crippen LogP contribution < -0.4 is 20.4 Å². The van der Waals surface area contributed by atoms with Crippen LogP contribution in [0.3, 0.4) is 0 Å². The van der Waals surface area contributed by atoms with Gasteiger partial charge in [-0.2, -0.15) is 0 Å². The molecule has 300 valence electrons. The third-order valence-electron chi connectivity index (χ3n) is 9.21. The molecule has 4 aromatic heterocycles. The van der Waals surface area contributed by atoms with Crippen LogP contribution in [0.4, 0.5) is 10.3 Å². The number of nitrogens with one attached hydrogen (secondary N) is 4. The molecule has 21 heteroatoms. The minimum atomic E-state index is -1.02. The number of amides is 2. The number of halogens is 2. The van der Waals surface area contributed by atoms with E-state index in [1.807, 2.05) is 20.8 Å². The number of methoxy groups -OCH3 is 2. The van der Waals surface area contributed by atoms with Crippen molar-refractivity contribution >= 4 is 73.5 Å². The van der Waals surface area contributed by atoms with Crippen molar-refractivity contribution in [3.8, 4) is 0 Å². The Kier molecular flexibility index (Phi) is 14.3. The molecule has 6 rings (SSSR count). The number of anilines is 2. The number of nitrogens with zero attached hydrogens (tertiary/aromatic N) is 8. The molecule has 6 heterocycles. The predicted molar refractivity (Wildman–Crippen MR) is 213 cm³/mol. The van der Waals surface area contributed by atoms with Gasteiger partial charge in [0.1, 0.15) is 15.6 Å². The van der Waals surface area contributed by atoms with Crippen molar-refractivity contribution in [1.82, 2.24) is 51.0 Å². The average Bonchev–Trinajstić information content (AvgIpc) is 3.98. The van der Waals surface area contributed by atoms with Crippen molar-refractivity contribution in [2.45, 2.75) is 90.2 Å². The summed E-state index contributed by atoms with van der Waals surface area (Å²) in [5.41, 5.74) is 1.37. The number of ether oxygens (including phenoxy) is 2. The van der Waals surface area contributed by atoms with Gasteiger partial charge in [-0.25, -0.2) is 9.97 Å². The Hall–Kier alpha value is -3.72. The Morgan fingerprint density at radius 2 is 1.31 bits per heavy atom. The van der Waals surface area contributed by atoms with E-state index in [1.165, 1.54) is 22.7 Å². The van der Waals surface area contributed by atoms with Crippen LogP contribution in [0.1, 0.15) is 90.1 Å². The highest BCUT2D eigenvalue weighted by Gasteiger charge is 2.35. The summed E-state index contributed by atoms with van der Waals surface area (Å²) in [6, 6.07) is -0.286. The molecule has 2 aliphatic heterocycles. The minimum absolute atomic E-state index is 0.124. The Balaban J connectivity index is 0.000000211. The number of hydrogen-bond acceptors (Lipinski definition) is 15. The van der Waals surface area contributed by atoms with Gasteiger partial charge >= 0.3 is 0 Å². The van der Waals surface area contributed by atoms with Crippen LogP contribution in [0.5, 0.6) is 0 Å². The fourth-order valence-corrected chi connectivity index (χ4v) is 8.25. The highest BCUT2D eigenvalue weighted by atomic mass is 35.5. The lowest BCUT2D eigenvalue weighted by atomic mass is 10.0. The Bertz CT molecular complexity index is 1940. The second-order valence-electron chi connectivity index (χ2n) is 13.7. The molecule has 0 aromatic carbocycles. The summed E-state index contributed by atoms with van der Waals surface area (Å²) in [5, 5.41) is 36.4. The molecule has 4 aromatic rings. The van der Waals surface area contributed by atoms with Crippen molar-refractivity contribution < 1.29 is 24.2 Å². The topological polar surface area (TPSA) is 212 Å². The number of aryl methyl sites for hydroxylation is 2. The fourth-order valence-electron chi connectivity index (χ4n) is 6.03. The highest BCUT2D eigenvalue weighted by Crippen LogP contribution is 2.31. The van der Waals surface area contributed by atoms with Crippen LogP contribution in [0.2, 0.25) is 10.3 Å². The number of hydrogen-bond donors (Lipinski definition) is 5. The van der Waals surface area contributed by atoms with Crippen molar-refractivity contribution in [2.75, 3.05) is 50.2 Å². The number of carbonyl (C=O) groups is 2. The number of allylic oxidation sites excluding steroid dienone is 1. The lowest BCUT2D eigenvalue weighted by molar-refractivity contribution is 0.0537. The summed E-state index contributed by atoms with van der Waals surface area (Å²) in [6.45, 7) is 15.7. The van der Waals surface area contributed by atoms with Crippen LogP contribution in [0.25, 0.3) is 5.57 Å². The Morgan fingerprint density at radius 1 is 0.855 bits per heavy atom. The zero-order chi connectivity index (χ0) is 40.0. The van der Waals surface area contributed by atoms with E-state index in [1.54, 1.807) is 28.1 Å². The van der Waals surface area contributed by atoms with E-state index in [-0.39, 0.29) is 47.8 Å². The number of aromatic nitrogens is 8. The monoisotopic (exact) mass is 838 g/mol. The first-order valence-electron chi connectivity index (χ1n) is 17.9. The first-order chi connectivity index (χ1) is 26.1. The molecule has 0 aliphatic carbocycles. The zero-order valence-electron chi connectivity index (χ0n) is 31.9. The molecule has 4 atom stereocenters. The quantitative estimate of drug-likeness (QED) is 0.135. The van der Waals surface area contributed by atoms with Crippen molar-refractivity contribution in [1.29, 1.82) is 0 Å². The van der Waals surface area contributed by atoms with E-state index in [4.69, 9.17) is 32.7 Å². The molecule has 0 unspecified atom stereocenters. The summed E-state index contributed by atoms with van der Waals surface area (Å²) in [4.78, 5) is 43.4. The molecule has 0 bridgehead atoms. The number of rotatable bonds is 12. The van der Waals surface area contributed by atoms with Crippen LogP contribution in [-0.2, 0) is 27.9 Å². The van der Waals surface area contributed by atoms with E-state index in [0.717, 1.165) is 45.2 Å². The SMILES string of the molecule is C=C(C)c1nnc(N2CC[C@@H](NC(=O)c3nc(Cl)c(CC)[nH]3)[C@@H](OC)C2)s1.CCc1[nH]c(C(=O)N[C@@H]2CCN(c3nnc(C(C)(C)O)s3)C[C@@H]2OC)nc1Cl. The normalized spacial score (nSPS) is 20.2. The van der Waals surface area contributed by atoms with E-state index >= 15 is 0 Å². The summed E-state index contributed by atoms with van der Waals surface area (Å²) < 4.78 is 11.2. The van der Waals surface area contributed by atoms with Crippen LogP contribution in [0.15, 0.2) is 6.58 Å². The summed E-state index contributed by atoms with van der Waals surface area (Å²) >= 11 is 14.9. The Morgan fingerprint density at radius 3 is 1.67 bits per heavy atom. The lowest BCUT2D eigenvalue weighted by Gasteiger charge is -2.37. The molecule has 2 amide bonds. The van der Waals surface area contributed by atoms with Crippen LogP contribution in [0, 0.1) is 0 Å². The van der Waals surface area contributed by atoms with E-state index in [9.17, 15) is 14.7 Å². The van der Waals surface area contributed by atoms with Gasteiger partial charge in [0.05, 0.1) is 35.7 Å². The summed E-state index contributed by atoms with van der Waals surface area (Å²) in [5.74, 6) is -0.151. The predicted octanol–water partition coefficient (Wildman–Crippen LogP) is 4.26. The molecule has 17 nitrogen and oxygen atoms in total. The van der Waals surface area contributed by atoms with Gasteiger partial charge in [0.25, 0.3) is 11.8 Å². The summed E-state index contributed by atoms with van der Waals surface area (Å²) in [6.07, 6.45) is 2.37. The fraction of sp³-hybridized carbons (Fsp3) is 0.588. The number of H-pyrrole nitrogens is 2. The molecule has 2 saturated heterocycles. The van der Waals surface area contributed by atoms with Crippen LogP contribution in [-0.4, -0.2) is 122 Å². The number of imidazole rings is 2. The van der Waals surface area contributed by atoms with Gasteiger partial charge in [-0.05, 0) is 52.0 Å². The minimum Gasteiger partial charge on any atom is -0.383 e. The molecular weight excluding hydrogens is 791 g/mol. The lowest BCUT2D eigenvalue weighted by Crippen LogP contribution is -2.55. The maximum Gasteiger partial charge on any atom is 0.287 e. The van der Waals surface area contributed by atoms with Gasteiger partial charge in [-0.1, -0.05) is 66.3 Å². The maximum absolute atomic E-state index is 12.5. The zero-order valence-corrected chi connectivity index (χ0v) is 35.0. The third-order valence-corrected chi connectivity index (χ3v) is 12.3. The van der Waals surface area contributed by atoms with Gasteiger partial charge in [-0.3, -0.25) is 9.59 Å². The first-order valence-corrected chi connectivity index (χ1v) is 20.3. The molecule has 55 heavy (non-hydrogen) atoms.